The number of aryl methyl sites for hydroxylation is 2. The number of carbonyl (C=O) groups is 1. The Morgan fingerprint density at radius 2 is 1.68 bits per heavy atom. The van der Waals surface area contributed by atoms with Crippen LogP contribution >= 0.6 is 0 Å². The van der Waals surface area contributed by atoms with Crippen LogP contribution in [0.5, 0.6) is 0 Å². The van der Waals surface area contributed by atoms with Crippen molar-refractivity contribution >= 4 is 5.91 Å². The van der Waals surface area contributed by atoms with Crippen LogP contribution in [0.25, 0.3) is 22.5 Å². The van der Waals surface area contributed by atoms with Crippen molar-refractivity contribution in [1.29, 1.82) is 0 Å². The van der Waals surface area contributed by atoms with E-state index < -0.39 is 5.92 Å². The smallest absolute Gasteiger partial charge is 0.286 e. The molecule has 34 heavy (non-hydrogen) atoms. The lowest BCUT2D eigenvalue weighted by Gasteiger charge is -2.12. The lowest BCUT2D eigenvalue weighted by atomic mass is 10.0. The molecule has 0 radical (unpaired) electrons. The summed E-state index contributed by atoms with van der Waals surface area (Å²) in [5.74, 6) is -3.34. The van der Waals surface area contributed by atoms with Gasteiger partial charge in [0, 0.05) is 49.4 Å². The molecule has 4 aromatic rings. The summed E-state index contributed by atoms with van der Waals surface area (Å²) >= 11 is 0. The summed E-state index contributed by atoms with van der Waals surface area (Å²) in [7, 11) is 0. The Labute approximate surface area is 196 Å². The van der Waals surface area contributed by atoms with Gasteiger partial charge in [-0.05, 0) is 60.9 Å². The van der Waals surface area contributed by atoms with Gasteiger partial charge in [0.25, 0.3) is 11.8 Å². The summed E-state index contributed by atoms with van der Waals surface area (Å²) < 4.78 is 27.3. The van der Waals surface area contributed by atoms with Crippen molar-refractivity contribution in [2.24, 2.45) is 0 Å². The third kappa shape index (κ3) is 5.11. The second-order valence-electron chi connectivity index (χ2n) is 8.11. The lowest BCUT2D eigenvalue weighted by molar-refractivity contribution is 0.0128. The van der Waals surface area contributed by atoms with E-state index in [1.54, 1.807) is 30.7 Å². The number of carbonyl (C=O) groups excluding carboxylic acids is 1. The number of halogens is 2. The third-order valence-corrected chi connectivity index (χ3v) is 5.35. The molecule has 6 nitrogen and oxygen atoms in total. The van der Waals surface area contributed by atoms with Crippen molar-refractivity contribution < 1.29 is 13.6 Å². The van der Waals surface area contributed by atoms with Crippen molar-refractivity contribution in [3.63, 3.8) is 0 Å². The molecule has 0 aromatic carbocycles. The Morgan fingerprint density at radius 3 is 2.35 bits per heavy atom. The molecule has 0 saturated carbocycles. The Kier molecular flexibility index (Phi) is 6.40. The number of rotatable bonds is 6. The number of hydrogen-bond acceptors (Lipinski definition) is 5. The van der Waals surface area contributed by atoms with Gasteiger partial charge in [0.1, 0.15) is 11.4 Å². The predicted molar refractivity (Wildman–Crippen MR) is 125 cm³/mol. The lowest BCUT2D eigenvalue weighted by Crippen LogP contribution is -2.23. The number of hydrogen-bond donors (Lipinski definition) is 1. The molecule has 0 spiro atoms. The molecule has 0 atom stereocenters. The highest BCUT2D eigenvalue weighted by atomic mass is 19.3. The highest BCUT2D eigenvalue weighted by molar-refractivity contribution is 5.92. The number of alkyl halides is 2. The minimum atomic E-state index is -3.03. The van der Waals surface area contributed by atoms with E-state index >= 15 is 0 Å². The molecule has 0 saturated heterocycles. The highest BCUT2D eigenvalue weighted by Gasteiger charge is 2.26. The average molecular weight is 460 g/mol. The molecule has 0 unspecified atom stereocenters. The summed E-state index contributed by atoms with van der Waals surface area (Å²) in [6, 6.07) is 12.2. The van der Waals surface area contributed by atoms with Crippen molar-refractivity contribution in [2.75, 3.05) is 0 Å². The zero-order valence-corrected chi connectivity index (χ0v) is 19.0. The molecule has 4 rings (SSSR count). The first-order valence-electron chi connectivity index (χ1n) is 10.7. The van der Waals surface area contributed by atoms with Crippen LogP contribution < -0.4 is 5.32 Å². The van der Waals surface area contributed by atoms with Crippen LogP contribution in [-0.2, 0) is 12.5 Å². The zero-order chi connectivity index (χ0) is 24.3. The molecule has 1 N–H and O–H groups in total. The maximum Gasteiger partial charge on any atom is 0.286 e. The van der Waals surface area contributed by atoms with Crippen LogP contribution in [0, 0.1) is 13.8 Å². The molecule has 172 valence electrons. The predicted octanol–water partition coefficient (Wildman–Crippen LogP) is 5.26. The van der Waals surface area contributed by atoms with Gasteiger partial charge in [0.05, 0.1) is 11.4 Å². The second-order valence-corrected chi connectivity index (χ2v) is 8.11. The highest BCUT2D eigenvalue weighted by Crippen LogP contribution is 2.29. The van der Waals surface area contributed by atoms with Crippen LogP contribution in [0.2, 0.25) is 0 Å². The fourth-order valence-electron chi connectivity index (χ4n) is 3.58. The molecular weight excluding hydrogens is 436 g/mol. The van der Waals surface area contributed by atoms with Gasteiger partial charge in [0.2, 0.25) is 0 Å². The number of nitrogens with one attached hydrogen (secondary N) is 1. The van der Waals surface area contributed by atoms with E-state index in [2.05, 4.69) is 25.3 Å². The minimum absolute atomic E-state index is 0.254. The van der Waals surface area contributed by atoms with Crippen molar-refractivity contribution in [2.45, 2.75) is 33.2 Å². The summed E-state index contributed by atoms with van der Waals surface area (Å²) in [5.41, 5.74) is 5.42. The van der Waals surface area contributed by atoms with E-state index in [0.29, 0.717) is 17.0 Å². The first-order valence-corrected chi connectivity index (χ1v) is 10.7. The van der Waals surface area contributed by atoms with Crippen LogP contribution in [-0.4, -0.2) is 25.8 Å². The molecule has 8 heteroatoms. The molecule has 1 amide bonds. The van der Waals surface area contributed by atoms with Gasteiger partial charge in [-0.3, -0.25) is 24.7 Å². The summed E-state index contributed by atoms with van der Waals surface area (Å²) in [6.07, 6.45) is 6.32. The standard InChI is InChI=1S/C26H23F2N5O/c1-16-5-4-9-30-23(16)20-6-7-21(31-15-20)25(34)33-14-18-11-17(2)24(32-13-18)19-8-10-29-22(12-19)26(3,27)28/h4-13,15H,14H2,1-3H3,(H,33,34). The van der Waals surface area contributed by atoms with Gasteiger partial charge < -0.3 is 5.32 Å². The average Bonchev–Trinajstić information content (AvgIpc) is 2.82. The Bertz CT molecular complexity index is 1330. The topological polar surface area (TPSA) is 80.7 Å². The van der Waals surface area contributed by atoms with Gasteiger partial charge in [-0.25, -0.2) is 0 Å². The third-order valence-electron chi connectivity index (χ3n) is 5.35. The van der Waals surface area contributed by atoms with Gasteiger partial charge in [-0.1, -0.05) is 12.1 Å². The monoisotopic (exact) mass is 459 g/mol. The molecule has 0 aliphatic carbocycles. The Hall–Kier alpha value is -4.07. The molecule has 0 bridgehead atoms. The number of pyridine rings is 4. The first-order chi connectivity index (χ1) is 16.2. The largest absolute Gasteiger partial charge is 0.347 e. The molecular formula is C26H23F2N5O. The SMILES string of the molecule is Cc1cccnc1-c1ccc(C(=O)NCc2cnc(-c3ccnc(C(C)(F)F)c3)c(C)c2)nc1. The van der Waals surface area contributed by atoms with Gasteiger partial charge >= 0.3 is 0 Å². The van der Waals surface area contributed by atoms with E-state index in [1.807, 2.05) is 38.1 Å². The van der Waals surface area contributed by atoms with E-state index in [-0.39, 0.29) is 18.1 Å². The summed E-state index contributed by atoms with van der Waals surface area (Å²) in [6.45, 7) is 4.88. The van der Waals surface area contributed by atoms with Gasteiger partial charge in [0.15, 0.2) is 0 Å². The van der Waals surface area contributed by atoms with Crippen LogP contribution in [0.1, 0.15) is 39.8 Å². The molecule has 0 aliphatic heterocycles. The number of aromatic nitrogens is 4. The minimum Gasteiger partial charge on any atom is -0.347 e. The Morgan fingerprint density at radius 1 is 0.882 bits per heavy atom. The van der Waals surface area contributed by atoms with Gasteiger partial charge in [-0.2, -0.15) is 8.78 Å². The van der Waals surface area contributed by atoms with E-state index in [0.717, 1.165) is 34.9 Å². The van der Waals surface area contributed by atoms with E-state index in [1.165, 1.54) is 12.3 Å². The first kappa shape index (κ1) is 23.1. The summed E-state index contributed by atoms with van der Waals surface area (Å²) in [4.78, 5) is 29.4. The van der Waals surface area contributed by atoms with Crippen molar-refractivity contribution in [1.82, 2.24) is 25.3 Å². The van der Waals surface area contributed by atoms with Crippen LogP contribution in [0.3, 0.4) is 0 Å². The second kappa shape index (κ2) is 9.43. The molecule has 0 fully saturated rings. The molecule has 4 aromatic heterocycles. The normalized spacial score (nSPS) is 11.3. The quantitative estimate of drug-likeness (QED) is 0.425. The fraction of sp³-hybridized carbons (Fsp3) is 0.192. The number of amides is 1. The van der Waals surface area contributed by atoms with Crippen molar-refractivity contribution in [3.8, 4) is 22.5 Å². The van der Waals surface area contributed by atoms with Crippen molar-refractivity contribution in [3.05, 3.63) is 95.3 Å². The maximum atomic E-state index is 13.6. The zero-order valence-electron chi connectivity index (χ0n) is 19.0. The molecule has 4 heterocycles. The molecule has 0 aliphatic rings. The van der Waals surface area contributed by atoms with Gasteiger partial charge in [-0.15, -0.1) is 0 Å². The van der Waals surface area contributed by atoms with Crippen LogP contribution in [0.15, 0.2) is 67.3 Å². The van der Waals surface area contributed by atoms with E-state index in [4.69, 9.17) is 0 Å². The fourth-order valence-corrected chi connectivity index (χ4v) is 3.58. The van der Waals surface area contributed by atoms with E-state index in [9.17, 15) is 13.6 Å². The maximum absolute atomic E-state index is 13.6. The summed E-state index contributed by atoms with van der Waals surface area (Å²) in [5, 5.41) is 2.84. The Balaban J connectivity index is 1.44. The number of nitrogens with zero attached hydrogens (tertiary/aromatic N) is 4. The van der Waals surface area contributed by atoms with Crippen LogP contribution in [0.4, 0.5) is 8.78 Å².